The van der Waals surface area contributed by atoms with Crippen LogP contribution in [0.3, 0.4) is 0 Å². The van der Waals surface area contributed by atoms with E-state index in [1.54, 1.807) is 12.3 Å². The van der Waals surface area contributed by atoms with Crippen molar-refractivity contribution in [3.05, 3.63) is 168 Å². The standard InChI is InChI=1S/C39H34N4Si/c1-5-26-40-30(6-2)32-22-15-24-34(42-32)38-36(28-17-9-7-10-18-28)37(29-19-11-8-12-20-29)39(44(38,3)4)35-25-16-23-33(43-35)31-21-13-14-27-41-31/h5-27H,1H2,2-4H3/b30-6-,40-26?. The van der Waals surface area contributed by atoms with Crippen LogP contribution >= 0.6 is 0 Å². The molecule has 3 aromatic heterocycles. The molecule has 0 amide bonds. The summed E-state index contributed by atoms with van der Waals surface area (Å²) in [5.74, 6) is 0. The normalized spacial score (nSPS) is 14.8. The van der Waals surface area contributed by atoms with E-state index in [1.165, 1.54) is 32.7 Å². The lowest BCUT2D eigenvalue weighted by molar-refractivity contribution is 1.22. The molecule has 0 unspecified atom stereocenters. The Hall–Kier alpha value is -5.26. The molecule has 4 nitrogen and oxygen atoms in total. The van der Waals surface area contributed by atoms with E-state index in [4.69, 9.17) is 9.97 Å². The highest BCUT2D eigenvalue weighted by molar-refractivity contribution is 7.13. The number of hydrogen-bond donors (Lipinski definition) is 0. The second-order valence-corrected chi connectivity index (χ2v) is 15.3. The quantitative estimate of drug-likeness (QED) is 0.134. The summed E-state index contributed by atoms with van der Waals surface area (Å²) in [6.45, 7) is 10.6. The van der Waals surface area contributed by atoms with Crippen LogP contribution in [-0.4, -0.2) is 29.2 Å². The zero-order chi connectivity index (χ0) is 30.5. The van der Waals surface area contributed by atoms with Gasteiger partial charge in [-0.15, -0.1) is 0 Å². The van der Waals surface area contributed by atoms with Crippen molar-refractivity contribution in [2.45, 2.75) is 20.0 Å². The first-order valence-corrected chi connectivity index (χ1v) is 17.8. The maximum absolute atomic E-state index is 5.28. The van der Waals surface area contributed by atoms with E-state index >= 15 is 0 Å². The third-order valence-corrected chi connectivity index (χ3v) is 11.4. The van der Waals surface area contributed by atoms with Gasteiger partial charge >= 0.3 is 0 Å². The van der Waals surface area contributed by atoms with E-state index in [2.05, 4.69) is 115 Å². The Balaban J connectivity index is 1.66. The van der Waals surface area contributed by atoms with Gasteiger partial charge in [0.2, 0.25) is 0 Å². The van der Waals surface area contributed by atoms with E-state index < -0.39 is 8.07 Å². The highest BCUT2D eigenvalue weighted by Crippen LogP contribution is 2.55. The number of rotatable bonds is 8. The fourth-order valence-electron chi connectivity index (χ4n) is 6.05. The zero-order valence-electron chi connectivity index (χ0n) is 25.3. The van der Waals surface area contributed by atoms with E-state index in [-0.39, 0.29) is 0 Å². The summed E-state index contributed by atoms with van der Waals surface area (Å²) in [6.07, 6.45) is 7.20. The fraction of sp³-hybridized carbons (Fsp3) is 0.0769. The van der Waals surface area contributed by atoms with Gasteiger partial charge in [-0.2, -0.15) is 0 Å². The van der Waals surface area contributed by atoms with Crippen molar-refractivity contribution in [1.29, 1.82) is 0 Å². The molecule has 0 atom stereocenters. The lowest BCUT2D eigenvalue weighted by Crippen LogP contribution is -2.29. The molecule has 0 saturated carbocycles. The van der Waals surface area contributed by atoms with Crippen LogP contribution in [0.1, 0.15) is 35.1 Å². The Kier molecular flexibility index (Phi) is 8.22. The van der Waals surface area contributed by atoms with Gasteiger partial charge < -0.3 is 0 Å². The molecular formula is C39H34N4Si. The Morgan fingerprint density at radius 3 is 1.75 bits per heavy atom. The number of aromatic nitrogens is 3. The van der Waals surface area contributed by atoms with Gasteiger partial charge in [-0.25, -0.2) is 9.97 Å². The molecule has 44 heavy (non-hydrogen) atoms. The zero-order valence-corrected chi connectivity index (χ0v) is 26.3. The monoisotopic (exact) mass is 586 g/mol. The van der Waals surface area contributed by atoms with Crippen LogP contribution in [0.5, 0.6) is 0 Å². The summed E-state index contributed by atoms with van der Waals surface area (Å²) < 4.78 is 0. The first kappa shape index (κ1) is 28.8. The Labute approximate surface area is 260 Å². The Morgan fingerprint density at radius 1 is 0.636 bits per heavy atom. The molecule has 2 aromatic carbocycles. The maximum atomic E-state index is 5.28. The van der Waals surface area contributed by atoms with Crippen LogP contribution in [0.25, 0.3) is 38.6 Å². The molecule has 0 fully saturated rings. The molecular weight excluding hydrogens is 553 g/mol. The van der Waals surface area contributed by atoms with Crippen molar-refractivity contribution in [3.63, 3.8) is 0 Å². The molecule has 0 N–H and O–H groups in total. The first-order chi connectivity index (χ1) is 21.5. The van der Waals surface area contributed by atoms with Crippen LogP contribution < -0.4 is 0 Å². The van der Waals surface area contributed by atoms with Crippen molar-refractivity contribution in [3.8, 4) is 11.4 Å². The average Bonchev–Trinajstić information content (AvgIpc) is 3.33. The minimum atomic E-state index is -2.45. The lowest BCUT2D eigenvalue weighted by atomic mass is 9.90. The number of nitrogens with zero attached hydrogens (tertiary/aromatic N) is 4. The van der Waals surface area contributed by atoms with Crippen molar-refractivity contribution >= 4 is 41.5 Å². The smallest absolute Gasteiger partial charge is 0.119 e. The summed E-state index contributed by atoms with van der Waals surface area (Å²) in [6, 6.07) is 39.9. The number of aliphatic imine (C=N–C) groups is 1. The SMILES string of the molecule is C=CC=N/C(=C\C)c1cccc(C2=C(c3ccccc3)C(c3ccccc3)=C(c3cccc(-c4ccccn4)n3)[Si]2(C)C)n1. The molecule has 0 radical (unpaired) electrons. The van der Waals surface area contributed by atoms with Crippen molar-refractivity contribution in [2.24, 2.45) is 4.99 Å². The minimum Gasteiger partial charge on any atom is -0.255 e. The molecule has 1 aliphatic heterocycles. The third-order valence-electron chi connectivity index (χ3n) is 7.92. The van der Waals surface area contributed by atoms with Crippen LogP contribution in [0.2, 0.25) is 13.1 Å². The summed E-state index contributed by atoms with van der Waals surface area (Å²) in [5, 5.41) is 2.58. The number of benzene rings is 2. The number of hydrogen-bond acceptors (Lipinski definition) is 4. The predicted molar refractivity (Wildman–Crippen MR) is 188 cm³/mol. The fourth-order valence-corrected chi connectivity index (χ4v) is 9.65. The molecule has 0 spiro atoms. The second kappa shape index (κ2) is 12.5. The minimum absolute atomic E-state index is 0.812. The van der Waals surface area contributed by atoms with Gasteiger partial charge in [0.25, 0.3) is 0 Å². The lowest BCUT2D eigenvalue weighted by Gasteiger charge is -2.25. The van der Waals surface area contributed by atoms with E-state index in [9.17, 15) is 0 Å². The van der Waals surface area contributed by atoms with Gasteiger partial charge in [0.05, 0.1) is 34.2 Å². The van der Waals surface area contributed by atoms with Crippen LogP contribution in [0.4, 0.5) is 0 Å². The van der Waals surface area contributed by atoms with Crippen molar-refractivity contribution in [1.82, 2.24) is 15.0 Å². The second-order valence-electron chi connectivity index (χ2n) is 11.1. The molecule has 5 heteroatoms. The Morgan fingerprint density at radius 2 is 1.18 bits per heavy atom. The summed E-state index contributed by atoms with van der Waals surface area (Å²) in [5.41, 5.74) is 10.1. The third kappa shape index (κ3) is 5.46. The van der Waals surface area contributed by atoms with Gasteiger partial charge in [-0.1, -0.05) is 111 Å². The maximum Gasteiger partial charge on any atom is 0.119 e. The summed E-state index contributed by atoms with van der Waals surface area (Å²) in [7, 11) is -2.45. The molecule has 4 heterocycles. The van der Waals surface area contributed by atoms with E-state index in [1.807, 2.05) is 49.5 Å². The van der Waals surface area contributed by atoms with Gasteiger partial charge in [0.15, 0.2) is 0 Å². The van der Waals surface area contributed by atoms with Crippen molar-refractivity contribution < 1.29 is 0 Å². The van der Waals surface area contributed by atoms with Gasteiger partial charge in [-0.3, -0.25) is 9.98 Å². The highest BCUT2D eigenvalue weighted by Gasteiger charge is 2.45. The molecule has 1 aliphatic rings. The van der Waals surface area contributed by atoms with Crippen LogP contribution in [0.15, 0.2) is 145 Å². The molecule has 6 rings (SSSR count). The average molecular weight is 587 g/mol. The Bertz CT molecular complexity index is 1940. The van der Waals surface area contributed by atoms with Crippen molar-refractivity contribution in [2.75, 3.05) is 0 Å². The highest BCUT2D eigenvalue weighted by atomic mass is 28.3. The predicted octanol–water partition coefficient (Wildman–Crippen LogP) is 9.48. The largest absolute Gasteiger partial charge is 0.255 e. The molecule has 5 aromatic rings. The molecule has 0 aliphatic carbocycles. The van der Waals surface area contributed by atoms with Gasteiger partial charge in [0.1, 0.15) is 8.07 Å². The van der Waals surface area contributed by atoms with Gasteiger partial charge in [0, 0.05) is 12.4 Å². The summed E-state index contributed by atoms with van der Waals surface area (Å²) >= 11 is 0. The number of allylic oxidation sites excluding steroid dienone is 4. The first-order valence-electron chi connectivity index (χ1n) is 14.8. The molecule has 0 saturated heterocycles. The van der Waals surface area contributed by atoms with E-state index in [0.29, 0.717) is 0 Å². The molecule has 0 bridgehead atoms. The van der Waals surface area contributed by atoms with Gasteiger partial charge in [-0.05, 0) is 76.0 Å². The topological polar surface area (TPSA) is 51.0 Å². The molecule has 214 valence electrons. The summed E-state index contributed by atoms with van der Waals surface area (Å²) in [4.78, 5) is 19.8. The van der Waals surface area contributed by atoms with E-state index in [0.717, 1.165) is 34.2 Å². The van der Waals surface area contributed by atoms with Crippen LogP contribution in [-0.2, 0) is 0 Å². The number of pyridine rings is 3. The van der Waals surface area contributed by atoms with Crippen LogP contribution in [0, 0.1) is 0 Å².